The molecule has 0 radical (unpaired) electrons. The van der Waals surface area contributed by atoms with Crippen molar-refractivity contribution >= 4 is 33.4 Å². The predicted molar refractivity (Wildman–Crippen MR) is 75.5 cm³/mol. The minimum atomic E-state index is -0.0958. The molecule has 1 aromatic rings. The third-order valence-corrected chi connectivity index (χ3v) is 4.45. The number of piperidine rings is 1. The summed E-state index contributed by atoms with van der Waals surface area (Å²) in [5.74, 6) is 0.470. The summed E-state index contributed by atoms with van der Waals surface area (Å²) in [5, 5.41) is 10.7. The van der Waals surface area contributed by atoms with Crippen molar-refractivity contribution in [3.63, 3.8) is 0 Å². The molecule has 0 aromatic heterocycles. The molecule has 1 N–H and O–H groups in total. The highest BCUT2D eigenvalue weighted by Crippen LogP contribution is 2.25. The Labute approximate surface area is 120 Å². The number of phenolic OH excluding ortho intramolecular Hbond substituents is 1. The van der Waals surface area contributed by atoms with Gasteiger partial charge in [-0.3, -0.25) is 4.79 Å². The average molecular weight is 333 g/mol. The van der Waals surface area contributed by atoms with Crippen LogP contribution in [0, 0.1) is 5.92 Å². The fraction of sp³-hybridized carbons (Fsp3) is 0.462. The maximum Gasteiger partial charge on any atom is 0.255 e. The molecule has 0 aliphatic carbocycles. The number of amides is 1. The van der Waals surface area contributed by atoms with Gasteiger partial charge in [-0.1, -0.05) is 27.5 Å². The van der Waals surface area contributed by atoms with Crippen LogP contribution in [0.3, 0.4) is 0 Å². The maximum absolute atomic E-state index is 12.3. The van der Waals surface area contributed by atoms with Gasteiger partial charge in [0.1, 0.15) is 5.75 Å². The molecule has 1 aliphatic heterocycles. The lowest BCUT2D eigenvalue weighted by Crippen LogP contribution is -2.40. The maximum atomic E-state index is 12.3. The van der Waals surface area contributed by atoms with E-state index in [1.54, 1.807) is 6.07 Å². The van der Waals surface area contributed by atoms with Crippen LogP contribution in [0.25, 0.3) is 0 Å². The van der Waals surface area contributed by atoms with E-state index >= 15 is 0 Å². The molecule has 5 heteroatoms. The summed E-state index contributed by atoms with van der Waals surface area (Å²) in [6.45, 7) is 1.50. The first-order valence-corrected chi connectivity index (χ1v) is 7.45. The number of phenols is 1. The summed E-state index contributed by atoms with van der Waals surface area (Å²) in [4.78, 5) is 14.2. The van der Waals surface area contributed by atoms with E-state index in [2.05, 4.69) is 15.9 Å². The molecule has 1 amide bonds. The van der Waals surface area contributed by atoms with E-state index in [1.165, 1.54) is 12.1 Å². The number of aromatic hydroxyl groups is 1. The van der Waals surface area contributed by atoms with E-state index in [1.807, 2.05) is 4.90 Å². The third-order valence-electron chi connectivity index (χ3n) is 3.20. The Morgan fingerprint density at radius 3 is 3.06 bits per heavy atom. The van der Waals surface area contributed by atoms with Gasteiger partial charge < -0.3 is 10.0 Å². The molecule has 0 saturated carbocycles. The van der Waals surface area contributed by atoms with Crippen LogP contribution in [0.1, 0.15) is 23.2 Å². The van der Waals surface area contributed by atoms with Gasteiger partial charge >= 0.3 is 0 Å². The van der Waals surface area contributed by atoms with E-state index in [0.717, 1.165) is 31.3 Å². The standard InChI is InChI=1S/C13H15BrClNO2/c14-7-9-2-1-5-16(8-9)13(18)11-6-10(17)3-4-12(11)15/h3-4,6,9,17H,1-2,5,7-8H2. The van der Waals surface area contributed by atoms with Crippen molar-refractivity contribution < 1.29 is 9.90 Å². The van der Waals surface area contributed by atoms with Crippen molar-refractivity contribution in [2.24, 2.45) is 5.92 Å². The Balaban J connectivity index is 2.17. The van der Waals surface area contributed by atoms with Gasteiger partial charge in [0.05, 0.1) is 10.6 Å². The number of benzene rings is 1. The second kappa shape index (κ2) is 5.93. The Hall–Kier alpha value is -0.740. The third kappa shape index (κ3) is 2.98. The number of nitrogens with zero attached hydrogens (tertiary/aromatic N) is 1. The number of hydrogen-bond acceptors (Lipinski definition) is 2. The second-order valence-electron chi connectivity index (χ2n) is 4.58. The lowest BCUT2D eigenvalue weighted by atomic mass is 9.99. The SMILES string of the molecule is O=C(c1cc(O)ccc1Cl)N1CCCC(CBr)C1. The van der Waals surface area contributed by atoms with Crippen molar-refractivity contribution in [1.82, 2.24) is 4.90 Å². The lowest BCUT2D eigenvalue weighted by molar-refractivity contribution is 0.0686. The molecule has 1 saturated heterocycles. The number of carbonyl (C=O) groups is 1. The Kier molecular flexibility index (Phi) is 4.51. The molecular weight excluding hydrogens is 318 g/mol. The number of carbonyl (C=O) groups excluding carboxylic acids is 1. The van der Waals surface area contributed by atoms with Crippen LogP contribution in [-0.4, -0.2) is 34.3 Å². The minimum Gasteiger partial charge on any atom is -0.508 e. The first-order chi connectivity index (χ1) is 8.61. The van der Waals surface area contributed by atoms with E-state index in [-0.39, 0.29) is 11.7 Å². The molecule has 0 bridgehead atoms. The van der Waals surface area contributed by atoms with Gasteiger partial charge in [-0.2, -0.15) is 0 Å². The van der Waals surface area contributed by atoms with Gasteiger partial charge in [0.25, 0.3) is 5.91 Å². The largest absolute Gasteiger partial charge is 0.508 e. The fourth-order valence-corrected chi connectivity index (χ4v) is 2.95. The summed E-state index contributed by atoms with van der Waals surface area (Å²) < 4.78 is 0. The van der Waals surface area contributed by atoms with Gasteiger partial charge in [-0.25, -0.2) is 0 Å². The average Bonchev–Trinajstić information content (AvgIpc) is 2.41. The summed E-state index contributed by atoms with van der Waals surface area (Å²) in [5.41, 5.74) is 0.381. The number of hydrogen-bond donors (Lipinski definition) is 1. The first kappa shape index (κ1) is 13.7. The quantitative estimate of drug-likeness (QED) is 0.844. The molecule has 1 fully saturated rings. The van der Waals surface area contributed by atoms with Gasteiger partial charge in [0.2, 0.25) is 0 Å². The Morgan fingerprint density at radius 2 is 2.33 bits per heavy atom. The van der Waals surface area contributed by atoms with Crippen LogP contribution in [0.2, 0.25) is 5.02 Å². The van der Waals surface area contributed by atoms with Gasteiger partial charge in [0, 0.05) is 18.4 Å². The fourth-order valence-electron chi connectivity index (χ4n) is 2.22. The molecule has 18 heavy (non-hydrogen) atoms. The second-order valence-corrected chi connectivity index (χ2v) is 5.63. The summed E-state index contributed by atoms with van der Waals surface area (Å²) in [6, 6.07) is 4.47. The van der Waals surface area contributed by atoms with Crippen molar-refractivity contribution in [3.05, 3.63) is 28.8 Å². The van der Waals surface area contributed by atoms with Crippen molar-refractivity contribution in [2.45, 2.75) is 12.8 Å². The van der Waals surface area contributed by atoms with E-state index < -0.39 is 0 Å². The van der Waals surface area contributed by atoms with Crippen molar-refractivity contribution in [3.8, 4) is 5.75 Å². The van der Waals surface area contributed by atoms with Gasteiger partial charge in [0.15, 0.2) is 0 Å². The molecule has 98 valence electrons. The van der Waals surface area contributed by atoms with Crippen LogP contribution in [-0.2, 0) is 0 Å². The zero-order chi connectivity index (χ0) is 13.1. The highest BCUT2D eigenvalue weighted by atomic mass is 79.9. The molecule has 1 heterocycles. The van der Waals surface area contributed by atoms with Crippen LogP contribution < -0.4 is 0 Å². The number of likely N-dealkylation sites (tertiary alicyclic amines) is 1. The Morgan fingerprint density at radius 1 is 1.56 bits per heavy atom. The number of rotatable bonds is 2. The topological polar surface area (TPSA) is 40.5 Å². The molecular formula is C13H15BrClNO2. The Bertz CT molecular complexity index is 453. The summed E-state index contributed by atoms with van der Waals surface area (Å²) >= 11 is 9.48. The highest BCUT2D eigenvalue weighted by Gasteiger charge is 2.25. The first-order valence-electron chi connectivity index (χ1n) is 5.95. The number of alkyl halides is 1. The molecule has 3 nitrogen and oxygen atoms in total. The van der Waals surface area contributed by atoms with Crippen LogP contribution >= 0.6 is 27.5 Å². The van der Waals surface area contributed by atoms with Crippen LogP contribution in [0.5, 0.6) is 5.75 Å². The number of halogens is 2. The van der Waals surface area contributed by atoms with Gasteiger partial charge in [-0.15, -0.1) is 0 Å². The molecule has 1 aliphatic rings. The van der Waals surface area contributed by atoms with Crippen molar-refractivity contribution in [2.75, 3.05) is 18.4 Å². The molecule has 1 unspecified atom stereocenters. The van der Waals surface area contributed by atoms with Crippen LogP contribution in [0.15, 0.2) is 18.2 Å². The van der Waals surface area contributed by atoms with Crippen molar-refractivity contribution in [1.29, 1.82) is 0 Å². The van der Waals surface area contributed by atoms with E-state index in [4.69, 9.17) is 11.6 Å². The monoisotopic (exact) mass is 331 g/mol. The molecule has 2 rings (SSSR count). The zero-order valence-electron chi connectivity index (χ0n) is 9.90. The smallest absolute Gasteiger partial charge is 0.255 e. The zero-order valence-corrected chi connectivity index (χ0v) is 12.2. The van der Waals surface area contributed by atoms with Crippen LogP contribution in [0.4, 0.5) is 0 Å². The normalized spacial score (nSPS) is 19.9. The summed E-state index contributed by atoms with van der Waals surface area (Å²) in [7, 11) is 0. The molecule has 1 atom stereocenters. The predicted octanol–water partition coefficient (Wildman–Crippen LogP) is 3.29. The highest BCUT2D eigenvalue weighted by molar-refractivity contribution is 9.09. The lowest BCUT2D eigenvalue weighted by Gasteiger charge is -2.32. The summed E-state index contributed by atoms with van der Waals surface area (Å²) in [6.07, 6.45) is 2.15. The minimum absolute atomic E-state index is 0.0665. The molecule has 1 aromatic carbocycles. The van der Waals surface area contributed by atoms with Gasteiger partial charge in [-0.05, 0) is 37.0 Å². The van der Waals surface area contributed by atoms with E-state index in [9.17, 15) is 9.90 Å². The molecule has 0 spiro atoms. The van der Waals surface area contributed by atoms with E-state index in [0.29, 0.717) is 16.5 Å².